The summed E-state index contributed by atoms with van der Waals surface area (Å²) in [6.45, 7) is 7.13. The van der Waals surface area contributed by atoms with Crippen LogP contribution in [0.25, 0.3) is 0 Å². The highest BCUT2D eigenvalue weighted by atomic mass is 16.4. The smallest absolute Gasteiger partial charge is 0.329 e. The first-order valence-electron chi connectivity index (χ1n) is 6.75. The predicted octanol–water partition coefficient (Wildman–Crippen LogP) is 2.93. The summed E-state index contributed by atoms with van der Waals surface area (Å²) in [5.41, 5.74) is 1.46. The number of hydrogen-bond acceptors (Lipinski definition) is 2. The summed E-state index contributed by atoms with van der Waals surface area (Å²) < 4.78 is 0. The Balaban J connectivity index is 2.90. The number of carboxylic acid groups (broad SMARTS) is 1. The van der Waals surface area contributed by atoms with Crippen molar-refractivity contribution in [1.82, 2.24) is 5.32 Å². The fraction of sp³-hybridized carbons (Fsp3) is 0.467. The van der Waals surface area contributed by atoms with Gasteiger partial charge in [0.2, 0.25) is 0 Å². The zero-order valence-electron chi connectivity index (χ0n) is 12.4. The molecule has 0 saturated heterocycles. The van der Waals surface area contributed by atoms with Crippen LogP contribution in [0.3, 0.4) is 0 Å². The van der Waals surface area contributed by atoms with Gasteiger partial charge in [-0.2, -0.15) is 0 Å². The molecule has 1 aromatic carbocycles. The summed E-state index contributed by atoms with van der Waals surface area (Å²) in [5, 5.41) is 14.4. The third-order valence-electron chi connectivity index (χ3n) is 3.55. The van der Waals surface area contributed by atoms with E-state index in [1.165, 1.54) is 6.92 Å². The van der Waals surface area contributed by atoms with Crippen molar-refractivity contribution in [3.8, 4) is 0 Å². The number of anilines is 1. The number of nitrogens with one attached hydrogen (secondary N) is 2. The lowest BCUT2D eigenvalue weighted by Gasteiger charge is -2.25. The molecule has 2 amide bonds. The van der Waals surface area contributed by atoms with Crippen LogP contribution in [-0.4, -0.2) is 22.6 Å². The van der Waals surface area contributed by atoms with Crippen LogP contribution < -0.4 is 10.6 Å². The molecule has 0 spiro atoms. The van der Waals surface area contributed by atoms with Crippen molar-refractivity contribution in [2.45, 2.75) is 46.1 Å². The molecule has 3 N–H and O–H groups in total. The van der Waals surface area contributed by atoms with E-state index in [2.05, 4.69) is 10.6 Å². The van der Waals surface area contributed by atoms with Gasteiger partial charge in [0.05, 0.1) is 0 Å². The quantitative estimate of drug-likeness (QED) is 0.775. The van der Waals surface area contributed by atoms with Crippen molar-refractivity contribution in [2.75, 3.05) is 5.32 Å². The molecular weight excluding hydrogens is 256 g/mol. The molecule has 20 heavy (non-hydrogen) atoms. The number of carbonyl (C=O) groups excluding carboxylic acids is 1. The molecule has 0 aliphatic carbocycles. The lowest BCUT2D eigenvalue weighted by molar-refractivity contribution is -0.143. The first kappa shape index (κ1) is 16.0. The maximum Gasteiger partial charge on any atom is 0.329 e. The fourth-order valence-electron chi connectivity index (χ4n) is 1.89. The second-order valence-corrected chi connectivity index (χ2v) is 5.03. The number of aliphatic carboxylic acids is 1. The Morgan fingerprint density at radius 2 is 1.95 bits per heavy atom. The first-order chi connectivity index (χ1) is 9.34. The van der Waals surface area contributed by atoms with Crippen molar-refractivity contribution in [1.29, 1.82) is 0 Å². The average Bonchev–Trinajstić information content (AvgIpc) is 2.40. The van der Waals surface area contributed by atoms with E-state index < -0.39 is 17.5 Å². The molecule has 0 saturated carbocycles. The molecule has 0 fully saturated rings. The summed E-state index contributed by atoms with van der Waals surface area (Å²) in [5.74, 6) is -1.05. The average molecular weight is 278 g/mol. The molecule has 1 atom stereocenters. The Bertz CT molecular complexity index is 514. The van der Waals surface area contributed by atoms with Crippen LogP contribution in [0.5, 0.6) is 0 Å². The molecule has 0 aromatic heterocycles. The predicted molar refractivity (Wildman–Crippen MR) is 79.0 cm³/mol. The molecule has 0 aliphatic heterocycles. The molecule has 1 aromatic rings. The summed E-state index contributed by atoms with van der Waals surface area (Å²) in [6.07, 6.45) is 1.10. The number of rotatable bonds is 5. The standard InChI is InChI=1S/C15H22N2O3/c1-5-11-9-7-8-10(3)12(11)16-14(20)17-15(4,6-2)13(18)19/h7-9H,5-6H2,1-4H3,(H,18,19)(H2,16,17,20). The molecule has 0 heterocycles. The Hall–Kier alpha value is -2.04. The van der Waals surface area contributed by atoms with Crippen LogP contribution in [0.4, 0.5) is 10.5 Å². The van der Waals surface area contributed by atoms with Crippen molar-refractivity contribution < 1.29 is 14.7 Å². The van der Waals surface area contributed by atoms with Crippen molar-refractivity contribution >= 4 is 17.7 Å². The molecule has 5 nitrogen and oxygen atoms in total. The largest absolute Gasteiger partial charge is 0.480 e. The summed E-state index contributed by atoms with van der Waals surface area (Å²) in [7, 11) is 0. The zero-order valence-corrected chi connectivity index (χ0v) is 12.4. The van der Waals surface area contributed by atoms with E-state index >= 15 is 0 Å². The van der Waals surface area contributed by atoms with E-state index in [0.29, 0.717) is 6.42 Å². The van der Waals surface area contributed by atoms with Crippen LogP contribution in [0, 0.1) is 6.92 Å². The topological polar surface area (TPSA) is 78.4 Å². The van der Waals surface area contributed by atoms with Gasteiger partial charge >= 0.3 is 12.0 Å². The Morgan fingerprint density at radius 3 is 2.45 bits per heavy atom. The summed E-state index contributed by atoms with van der Waals surface area (Å²) in [4.78, 5) is 23.2. The van der Waals surface area contributed by atoms with Crippen LogP contribution >= 0.6 is 0 Å². The minimum atomic E-state index is -1.26. The SMILES string of the molecule is CCc1cccc(C)c1NC(=O)NC(C)(CC)C(=O)O. The van der Waals surface area contributed by atoms with Crippen molar-refractivity contribution in [3.05, 3.63) is 29.3 Å². The van der Waals surface area contributed by atoms with Crippen LogP contribution in [0.1, 0.15) is 38.3 Å². The molecule has 0 aliphatic rings. The molecule has 5 heteroatoms. The van der Waals surface area contributed by atoms with Gasteiger partial charge in [-0.1, -0.05) is 32.0 Å². The Morgan fingerprint density at radius 1 is 1.30 bits per heavy atom. The van der Waals surface area contributed by atoms with E-state index in [0.717, 1.165) is 23.2 Å². The number of amides is 2. The van der Waals surface area contributed by atoms with E-state index in [4.69, 9.17) is 5.11 Å². The number of carboxylic acids is 1. The van der Waals surface area contributed by atoms with Gasteiger partial charge in [0, 0.05) is 5.69 Å². The number of benzene rings is 1. The van der Waals surface area contributed by atoms with Gasteiger partial charge in [-0.05, 0) is 37.8 Å². The van der Waals surface area contributed by atoms with Gasteiger partial charge in [0.1, 0.15) is 5.54 Å². The van der Waals surface area contributed by atoms with Gasteiger partial charge in [-0.3, -0.25) is 0 Å². The summed E-state index contributed by atoms with van der Waals surface area (Å²) in [6, 6.07) is 5.29. The third kappa shape index (κ3) is 3.50. The van der Waals surface area contributed by atoms with Gasteiger partial charge in [0.15, 0.2) is 0 Å². The number of carbonyl (C=O) groups is 2. The van der Waals surface area contributed by atoms with Crippen molar-refractivity contribution in [2.24, 2.45) is 0 Å². The molecule has 110 valence electrons. The van der Waals surface area contributed by atoms with Crippen LogP contribution in [0.15, 0.2) is 18.2 Å². The number of urea groups is 1. The maximum atomic E-state index is 12.0. The molecular formula is C15H22N2O3. The van der Waals surface area contributed by atoms with E-state index in [1.807, 2.05) is 32.0 Å². The monoisotopic (exact) mass is 278 g/mol. The van der Waals surface area contributed by atoms with Gasteiger partial charge < -0.3 is 15.7 Å². The number of hydrogen-bond donors (Lipinski definition) is 3. The number of para-hydroxylation sites is 1. The zero-order chi connectivity index (χ0) is 15.3. The van der Waals surface area contributed by atoms with E-state index in [1.54, 1.807) is 6.92 Å². The highest BCUT2D eigenvalue weighted by Gasteiger charge is 2.32. The number of aryl methyl sites for hydroxylation is 2. The lowest BCUT2D eigenvalue weighted by atomic mass is 9.99. The van der Waals surface area contributed by atoms with E-state index in [9.17, 15) is 9.59 Å². The maximum absolute atomic E-state index is 12.0. The Labute approximate surface area is 119 Å². The summed E-state index contributed by atoms with van der Waals surface area (Å²) >= 11 is 0. The lowest BCUT2D eigenvalue weighted by Crippen LogP contribution is -2.53. The third-order valence-corrected chi connectivity index (χ3v) is 3.55. The van der Waals surface area contributed by atoms with Gasteiger partial charge in [-0.25, -0.2) is 9.59 Å². The normalized spacial score (nSPS) is 13.4. The second-order valence-electron chi connectivity index (χ2n) is 5.03. The molecule has 0 bridgehead atoms. The van der Waals surface area contributed by atoms with Gasteiger partial charge in [-0.15, -0.1) is 0 Å². The van der Waals surface area contributed by atoms with Crippen LogP contribution in [-0.2, 0) is 11.2 Å². The second kappa shape index (κ2) is 6.41. The minimum absolute atomic E-state index is 0.310. The molecule has 0 radical (unpaired) electrons. The van der Waals surface area contributed by atoms with Crippen molar-refractivity contribution in [3.63, 3.8) is 0 Å². The molecule has 1 rings (SSSR count). The highest BCUT2D eigenvalue weighted by Crippen LogP contribution is 2.21. The minimum Gasteiger partial charge on any atom is -0.480 e. The van der Waals surface area contributed by atoms with Crippen LogP contribution in [0.2, 0.25) is 0 Å². The highest BCUT2D eigenvalue weighted by molar-refractivity contribution is 5.94. The fourth-order valence-corrected chi connectivity index (χ4v) is 1.89. The Kier molecular flexibility index (Phi) is 5.13. The molecule has 1 unspecified atom stereocenters. The van der Waals surface area contributed by atoms with Gasteiger partial charge in [0.25, 0.3) is 0 Å². The van der Waals surface area contributed by atoms with E-state index in [-0.39, 0.29) is 0 Å². The first-order valence-corrected chi connectivity index (χ1v) is 6.75.